The van der Waals surface area contributed by atoms with Gasteiger partial charge in [0.25, 0.3) is 0 Å². The van der Waals surface area contributed by atoms with Crippen LogP contribution < -0.4 is 28.4 Å². The van der Waals surface area contributed by atoms with E-state index in [2.05, 4.69) is 41.5 Å². The van der Waals surface area contributed by atoms with Crippen LogP contribution in [0, 0.1) is 0 Å². The molecule has 1 aliphatic carbocycles. The van der Waals surface area contributed by atoms with E-state index in [4.69, 9.17) is 28.4 Å². The number of hydrogen-bond acceptors (Lipinski definition) is 8. The van der Waals surface area contributed by atoms with Gasteiger partial charge in [0.05, 0.1) is 50.8 Å². The van der Waals surface area contributed by atoms with Gasteiger partial charge in [0.1, 0.15) is 0 Å². The Morgan fingerprint density at radius 2 is 0.457 bits per heavy atom. The highest BCUT2D eigenvalue weighted by Gasteiger charge is 2.41. The van der Waals surface area contributed by atoms with Gasteiger partial charge >= 0.3 is 0 Å². The lowest BCUT2D eigenvalue weighted by molar-refractivity contribution is 0.0968. The third kappa shape index (κ3) is 23.0. The van der Waals surface area contributed by atoms with Crippen molar-refractivity contribution in [3.05, 3.63) is 34.4 Å². The van der Waals surface area contributed by atoms with Crippen LogP contribution in [-0.4, -0.2) is 51.2 Å². The molecule has 0 atom stereocenters. The molecule has 0 N–H and O–H groups in total. The monoisotopic (exact) mass is 977 g/mol. The standard InChI is InChI=1S/C62H104O8/c1-7-13-19-25-31-37-43-65-53-49-51-55(61(69-47-41-35-29-23-17-11-5)59(53)67-45-39-33-27-21-15-9-3)58(64)52-50-54(66-44-38-32-26-20-14-8-2)60(68-46-40-34-28-22-16-10-4)62(56(52)57(51)63)70-48-42-36-30-24-18-12-6/h49-50H,7-48H2,1-6H3. The Labute approximate surface area is 429 Å². The summed E-state index contributed by atoms with van der Waals surface area (Å²) in [5.41, 5.74) is 1.04. The summed E-state index contributed by atoms with van der Waals surface area (Å²) in [4.78, 5) is 31.0. The first-order chi connectivity index (χ1) is 34.5. The average molecular weight is 978 g/mol. The number of carbonyl (C=O) groups excluding carboxylic acids is 2. The van der Waals surface area contributed by atoms with Gasteiger partial charge in [-0.1, -0.05) is 234 Å². The predicted octanol–water partition coefficient (Wildman–Crippen LogP) is 18.9. The van der Waals surface area contributed by atoms with Crippen molar-refractivity contribution in [1.29, 1.82) is 0 Å². The van der Waals surface area contributed by atoms with Crippen LogP contribution >= 0.6 is 0 Å². The van der Waals surface area contributed by atoms with E-state index in [9.17, 15) is 0 Å². The largest absolute Gasteiger partial charge is 0.490 e. The Morgan fingerprint density at radius 3 is 0.700 bits per heavy atom. The maximum Gasteiger partial charge on any atom is 0.204 e. The second-order valence-electron chi connectivity index (χ2n) is 20.3. The molecular weight excluding hydrogens is 873 g/mol. The smallest absolute Gasteiger partial charge is 0.204 e. The quantitative estimate of drug-likeness (QED) is 0.0517. The van der Waals surface area contributed by atoms with Crippen molar-refractivity contribution in [3.8, 4) is 34.5 Å². The van der Waals surface area contributed by atoms with Gasteiger partial charge in [0, 0.05) is 11.1 Å². The third-order valence-corrected chi connectivity index (χ3v) is 13.8. The zero-order chi connectivity index (χ0) is 50.3. The van der Waals surface area contributed by atoms with E-state index >= 15 is 9.59 Å². The van der Waals surface area contributed by atoms with Crippen molar-refractivity contribution in [2.24, 2.45) is 0 Å². The number of ketones is 2. The molecule has 70 heavy (non-hydrogen) atoms. The molecule has 0 radical (unpaired) electrons. The minimum atomic E-state index is -0.286. The lowest BCUT2D eigenvalue weighted by Gasteiger charge is -2.27. The fraction of sp³-hybridized carbons (Fsp3) is 0.774. The Morgan fingerprint density at radius 1 is 0.257 bits per heavy atom. The molecule has 0 fully saturated rings. The van der Waals surface area contributed by atoms with Crippen molar-refractivity contribution in [2.75, 3.05) is 39.6 Å². The van der Waals surface area contributed by atoms with Crippen molar-refractivity contribution < 1.29 is 38.0 Å². The molecule has 0 amide bonds. The summed E-state index contributed by atoms with van der Waals surface area (Å²) in [6.45, 7) is 16.1. The zero-order valence-corrected chi connectivity index (χ0v) is 46.1. The first-order valence-corrected chi connectivity index (χ1v) is 29.8. The number of rotatable bonds is 48. The molecule has 0 spiro atoms. The van der Waals surface area contributed by atoms with Crippen molar-refractivity contribution in [3.63, 3.8) is 0 Å². The average Bonchev–Trinajstić information content (AvgIpc) is 3.36. The van der Waals surface area contributed by atoms with Crippen LogP contribution in [0.2, 0.25) is 0 Å². The molecule has 0 aromatic heterocycles. The number of ether oxygens (including phenoxy) is 6. The molecule has 0 bridgehead atoms. The Kier molecular flexibility index (Phi) is 34.9. The fourth-order valence-electron chi connectivity index (χ4n) is 9.43. The lowest BCUT2D eigenvalue weighted by Crippen LogP contribution is -2.25. The van der Waals surface area contributed by atoms with E-state index in [-0.39, 0.29) is 33.8 Å². The van der Waals surface area contributed by atoms with Gasteiger partial charge in [-0.25, -0.2) is 0 Å². The van der Waals surface area contributed by atoms with Crippen molar-refractivity contribution in [2.45, 2.75) is 273 Å². The van der Waals surface area contributed by atoms with E-state index in [1.165, 1.54) is 116 Å². The van der Waals surface area contributed by atoms with Gasteiger partial charge in [-0.05, 0) is 50.7 Å². The van der Waals surface area contributed by atoms with Gasteiger partial charge < -0.3 is 28.4 Å². The van der Waals surface area contributed by atoms with Gasteiger partial charge in [0.2, 0.25) is 11.5 Å². The number of benzene rings is 2. The van der Waals surface area contributed by atoms with Crippen LogP contribution in [-0.2, 0) is 0 Å². The van der Waals surface area contributed by atoms with Gasteiger partial charge in [-0.2, -0.15) is 0 Å². The molecule has 0 heterocycles. The second kappa shape index (κ2) is 40.1. The number of unbranched alkanes of at least 4 members (excludes halogenated alkanes) is 30. The summed E-state index contributed by atoms with van der Waals surface area (Å²) in [6.07, 6.45) is 40.3. The molecule has 0 unspecified atom stereocenters. The molecule has 8 heteroatoms. The van der Waals surface area contributed by atoms with Crippen LogP contribution in [0.3, 0.4) is 0 Å². The molecule has 8 nitrogen and oxygen atoms in total. The molecule has 400 valence electrons. The van der Waals surface area contributed by atoms with E-state index in [0.29, 0.717) is 74.1 Å². The molecule has 3 rings (SSSR count). The first kappa shape index (κ1) is 60.9. The fourth-order valence-corrected chi connectivity index (χ4v) is 9.43. The van der Waals surface area contributed by atoms with E-state index in [0.717, 1.165) is 116 Å². The van der Waals surface area contributed by atoms with Gasteiger partial charge in [-0.3, -0.25) is 9.59 Å². The SMILES string of the molecule is CCCCCCCCOc1cc2c(c(OCCCCCCCC)c1OCCCCCCCC)C(=O)c1cc(OCCCCCCCC)c(OCCCCCCCC)c(OCCCCCCCC)c1C2=O. The normalized spacial score (nSPS) is 12.0. The van der Waals surface area contributed by atoms with E-state index in [1.807, 2.05) is 0 Å². The minimum absolute atomic E-state index is 0.248. The van der Waals surface area contributed by atoms with Crippen LogP contribution in [0.5, 0.6) is 34.5 Å². The Bertz CT molecular complexity index is 1550. The van der Waals surface area contributed by atoms with E-state index < -0.39 is 0 Å². The van der Waals surface area contributed by atoms with E-state index in [1.54, 1.807) is 12.1 Å². The summed E-state index contributed by atoms with van der Waals surface area (Å²) >= 11 is 0. The highest BCUT2D eigenvalue weighted by Crippen LogP contribution is 2.51. The minimum Gasteiger partial charge on any atom is -0.490 e. The third-order valence-electron chi connectivity index (χ3n) is 13.8. The maximum absolute atomic E-state index is 15.5. The summed E-state index contributed by atoms with van der Waals surface area (Å²) in [6, 6.07) is 3.53. The molecular formula is C62H104O8. The summed E-state index contributed by atoms with van der Waals surface area (Å²) in [5, 5.41) is 0. The highest BCUT2D eigenvalue weighted by molar-refractivity contribution is 6.31. The van der Waals surface area contributed by atoms with Crippen molar-refractivity contribution in [1.82, 2.24) is 0 Å². The Hall–Kier alpha value is -3.42. The zero-order valence-electron chi connectivity index (χ0n) is 46.1. The number of hydrogen-bond donors (Lipinski definition) is 0. The second-order valence-corrected chi connectivity index (χ2v) is 20.3. The summed E-state index contributed by atoms with van der Waals surface area (Å²) in [5.74, 6) is 1.89. The summed E-state index contributed by atoms with van der Waals surface area (Å²) in [7, 11) is 0. The van der Waals surface area contributed by atoms with Crippen LogP contribution in [0.1, 0.15) is 305 Å². The van der Waals surface area contributed by atoms with Crippen LogP contribution in [0.4, 0.5) is 0 Å². The topological polar surface area (TPSA) is 89.5 Å². The first-order valence-electron chi connectivity index (χ1n) is 29.8. The van der Waals surface area contributed by atoms with Crippen molar-refractivity contribution >= 4 is 11.6 Å². The Balaban J connectivity index is 2.18. The van der Waals surface area contributed by atoms with Crippen LogP contribution in [0.15, 0.2) is 12.1 Å². The highest BCUT2D eigenvalue weighted by atomic mass is 16.5. The van der Waals surface area contributed by atoms with Gasteiger partial charge in [-0.15, -0.1) is 0 Å². The number of fused-ring (bicyclic) bond motifs is 2. The lowest BCUT2D eigenvalue weighted by atomic mass is 9.82. The molecule has 2 aromatic carbocycles. The van der Waals surface area contributed by atoms with Crippen LogP contribution in [0.25, 0.3) is 0 Å². The number of carbonyl (C=O) groups is 2. The molecule has 1 aliphatic rings. The molecule has 0 saturated carbocycles. The molecule has 2 aromatic rings. The molecule has 0 saturated heterocycles. The molecule has 0 aliphatic heterocycles. The predicted molar refractivity (Wildman–Crippen MR) is 293 cm³/mol. The maximum atomic E-state index is 15.5. The summed E-state index contributed by atoms with van der Waals surface area (Å²) < 4.78 is 40.2. The van der Waals surface area contributed by atoms with Gasteiger partial charge in [0.15, 0.2) is 34.6 Å².